The van der Waals surface area contributed by atoms with Crippen molar-refractivity contribution in [2.45, 2.75) is 57.4 Å². The van der Waals surface area contributed by atoms with Crippen LogP contribution in [-0.4, -0.2) is 6.04 Å². The third-order valence-corrected chi connectivity index (χ3v) is 5.27. The number of para-hydroxylation sites is 1. The molecule has 1 nitrogen and oxygen atoms in total. The highest BCUT2D eigenvalue weighted by Crippen LogP contribution is 2.49. The Morgan fingerprint density at radius 1 is 1.00 bits per heavy atom. The molecule has 0 amide bonds. The molecule has 1 N–H and O–H groups in total. The van der Waals surface area contributed by atoms with Crippen LogP contribution >= 0.6 is 11.6 Å². The minimum atomic E-state index is 0.621. The van der Waals surface area contributed by atoms with E-state index >= 15 is 0 Å². The largest absolute Gasteiger partial charge is 0.381 e. The maximum absolute atomic E-state index is 6.20. The molecule has 0 bridgehead atoms. The molecule has 0 aromatic heterocycles. The van der Waals surface area contributed by atoms with Crippen LogP contribution in [0.1, 0.15) is 51.4 Å². The van der Waals surface area contributed by atoms with E-state index in [2.05, 4.69) is 17.4 Å². The Hall–Kier alpha value is -0.690. The summed E-state index contributed by atoms with van der Waals surface area (Å²) in [6.45, 7) is 0. The molecule has 3 rings (SSSR count). The number of benzene rings is 1. The van der Waals surface area contributed by atoms with Crippen molar-refractivity contribution in [3.05, 3.63) is 29.3 Å². The maximum atomic E-state index is 6.20. The highest BCUT2D eigenvalue weighted by molar-refractivity contribution is 6.33. The van der Waals surface area contributed by atoms with Crippen LogP contribution in [0.2, 0.25) is 5.02 Å². The third-order valence-electron chi connectivity index (χ3n) is 4.94. The van der Waals surface area contributed by atoms with Crippen molar-refractivity contribution in [1.29, 1.82) is 0 Å². The minimum absolute atomic E-state index is 0.621. The number of nitrogens with one attached hydrogen (secondary N) is 1. The Labute approximate surface area is 115 Å². The van der Waals surface area contributed by atoms with Crippen LogP contribution in [0.5, 0.6) is 0 Å². The van der Waals surface area contributed by atoms with Crippen molar-refractivity contribution in [2.24, 2.45) is 5.41 Å². The Bertz CT molecular complexity index is 399. The van der Waals surface area contributed by atoms with E-state index in [1.165, 1.54) is 51.4 Å². The molecule has 0 aliphatic heterocycles. The fraction of sp³-hybridized carbons (Fsp3) is 0.625. The fourth-order valence-corrected chi connectivity index (χ4v) is 3.99. The lowest BCUT2D eigenvalue weighted by Gasteiger charge is -2.38. The molecule has 98 valence electrons. The highest BCUT2D eigenvalue weighted by atomic mass is 35.5. The van der Waals surface area contributed by atoms with E-state index in [4.69, 9.17) is 11.6 Å². The first-order valence-electron chi connectivity index (χ1n) is 7.29. The summed E-state index contributed by atoms with van der Waals surface area (Å²) in [6.07, 6.45) is 11.3. The summed E-state index contributed by atoms with van der Waals surface area (Å²) in [5.74, 6) is 0. The van der Waals surface area contributed by atoms with Gasteiger partial charge in [-0.2, -0.15) is 0 Å². The van der Waals surface area contributed by atoms with Crippen LogP contribution < -0.4 is 5.32 Å². The molecule has 0 saturated heterocycles. The average Bonchev–Trinajstić information content (AvgIpc) is 2.84. The Morgan fingerprint density at radius 2 is 1.67 bits per heavy atom. The van der Waals surface area contributed by atoms with Crippen LogP contribution in [0.15, 0.2) is 24.3 Å². The fourth-order valence-electron chi connectivity index (χ4n) is 3.80. The zero-order chi connectivity index (χ0) is 12.4. The van der Waals surface area contributed by atoms with Gasteiger partial charge in [-0.15, -0.1) is 0 Å². The molecule has 0 heterocycles. The summed E-state index contributed by atoms with van der Waals surface area (Å²) < 4.78 is 0. The van der Waals surface area contributed by atoms with Gasteiger partial charge in [-0.1, -0.05) is 36.6 Å². The number of anilines is 1. The van der Waals surface area contributed by atoms with E-state index in [-0.39, 0.29) is 0 Å². The van der Waals surface area contributed by atoms with Gasteiger partial charge >= 0.3 is 0 Å². The van der Waals surface area contributed by atoms with E-state index < -0.39 is 0 Å². The molecular formula is C16H22ClN. The normalized spacial score (nSPS) is 23.4. The van der Waals surface area contributed by atoms with Gasteiger partial charge in [0.2, 0.25) is 0 Å². The number of rotatable bonds is 2. The summed E-state index contributed by atoms with van der Waals surface area (Å²) in [4.78, 5) is 0. The molecule has 2 heteroatoms. The molecular weight excluding hydrogens is 242 g/mol. The minimum Gasteiger partial charge on any atom is -0.381 e. The zero-order valence-corrected chi connectivity index (χ0v) is 11.7. The van der Waals surface area contributed by atoms with Gasteiger partial charge in [0.1, 0.15) is 0 Å². The molecule has 0 unspecified atom stereocenters. The van der Waals surface area contributed by atoms with Gasteiger partial charge in [0.25, 0.3) is 0 Å². The molecule has 18 heavy (non-hydrogen) atoms. The van der Waals surface area contributed by atoms with Crippen LogP contribution in [0.3, 0.4) is 0 Å². The maximum Gasteiger partial charge on any atom is 0.0637 e. The topological polar surface area (TPSA) is 12.0 Å². The van der Waals surface area contributed by atoms with Gasteiger partial charge in [0.05, 0.1) is 10.7 Å². The van der Waals surface area contributed by atoms with Crippen LogP contribution in [-0.2, 0) is 0 Å². The Kier molecular flexibility index (Phi) is 3.52. The first-order chi connectivity index (χ1) is 8.77. The van der Waals surface area contributed by atoms with E-state index in [1.54, 1.807) is 0 Å². The van der Waals surface area contributed by atoms with Crippen LogP contribution in [0.25, 0.3) is 0 Å². The molecule has 1 aromatic carbocycles. The lowest BCUT2D eigenvalue weighted by Crippen LogP contribution is -2.31. The Balaban J connectivity index is 1.59. The van der Waals surface area contributed by atoms with Gasteiger partial charge in [-0.25, -0.2) is 0 Å². The monoisotopic (exact) mass is 263 g/mol. The highest BCUT2D eigenvalue weighted by Gasteiger charge is 2.37. The first-order valence-corrected chi connectivity index (χ1v) is 7.66. The quantitative estimate of drug-likeness (QED) is 0.768. The molecule has 1 spiro atoms. The van der Waals surface area contributed by atoms with Crippen LogP contribution in [0, 0.1) is 5.41 Å². The summed E-state index contributed by atoms with van der Waals surface area (Å²) in [6, 6.07) is 8.71. The first kappa shape index (κ1) is 12.3. The summed E-state index contributed by atoms with van der Waals surface area (Å²) in [7, 11) is 0. The smallest absolute Gasteiger partial charge is 0.0637 e. The number of halogens is 1. The average molecular weight is 264 g/mol. The second-order valence-electron chi connectivity index (χ2n) is 6.11. The molecule has 2 fully saturated rings. The Morgan fingerprint density at radius 3 is 2.33 bits per heavy atom. The second-order valence-corrected chi connectivity index (χ2v) is 6.51. The predicted molar refractivity (Wildman–Crippen MR) is 78.2 cm³/mol. The van der Waals surface area contributed by atoms with Crippen molar-refractivity contribution in [1.82, 2.24) is 0 Å². The van der Waals surface area contributed by atoms with E-state index in [9.17, 15) is 0 Å². The van der Waals surface area contributed by atoms with Gasteiger partial charge in [-0.05, 0) is 56.1 Å². The third kappa shape index (κ3) is 2.51. The van der Waals surface area contributed by atoms with Gasteiger partial charge in [0, 0.05) is 6.04 Å². The summed E-state index contributed by atoms with van der Waals surface area (Å²) in [5, 5.41) is 4.47. The van der Waals surface area contributed by atoms with Gasteiger partial charge < -0.3 is 5.32 Å². The second kappa shape index (κ2) is 5.13. The van der Waals surface area contributed by atoms with E-state index in [0.29, 0.717) is 6.04 Å². The summed E-state index contributed by atoms with van der Waals surface area (Å²) >= 11 is 6.20. The van der Waals surface area contributed by atoms with Crippen molar-refractivity contribution in [3.8, 4) is 0 Å². The van der Waals surface area contributed by atoms with Crippen molar-refractivity contribution >= 4 is 17.3 Å². The van der Waals surface area contributed by atoms with E-state index in [1.807, 2.05) is 12.1 Å². The molecule has 0 radical (unpaired) electrons. The van der Waals surface area contributed by atoms with Crippen molar-refractivity contribution < 1.29 is 0 Å². The van der Waals surface area contributed by atoms with Crippen molar-refractivity contribution in [2.75, 3.05) is 5.32 Å². The molecule has 2 aliphatic carbocycles. The SMILES string of the molecule is Clc1ccccc1NC1CCC2(CCCC2)CC1. The van der Waals surface area contributed by atoms with Crippen LogP contribution in [0.4, 0.5) is 5.69 Å². The molecule has 2 aliphatic rings. The molecule has 2 saturated carbocycles. The zero-order valence-electron chi connectivity index (χ0n) is 10.9. The lowest BCUT2D eigenvalue weighted by atomic mass is 9.71. The molecule has 0 atom stereocenters. The lowest BCUT2D eigenvalue weighted by molar-refractivity contribution is 0.188. The number of hydrogen-bond donors (Lipinski definition) is 1. The van der Waals surface area contributed by atoms with Crippen molar-refractivity contribution in [3.63, 3.8) is 0 Å². The number of hydrogen-bond acceptors (Lipinski definition) is 1. The molecule has 1 aromatic rings. The summed E-state index contributed by atoms with van der Waals surface area (Å²) in [5.41, 5.74) is 1.82. The standard InChI is InChI=1S/C16H22ClN/c17-14-5-1-2-6-15(14)18-13-7-11-16(12-8-13)9-3-4-10-16/h1-2,5-6,13,18H,3-4,7-12H2. The van der Waals surface area contributed by atoms with E-state index in [0.717, 1.165) is 16.1 Å². The predicted octanol–water partition coefficient (Wildman–Crippen LogP) is 5.25. The van der Waals surface area contributed by atoms with Gasteiger partial charge in [-0.3, -0.25) is 0 Å². The van der Waals surface area contributed by atoms with Gasteiger partial charge in [0.15, 0.2) is 0 Å².